The lowest BCUT2D eigenvalue weighted by Crippen LogP contribution is -2.02. The molecule has 28 heavy (non-hydrogen) atoms. The van der Waals surface area contributed by atoms with E-state index < -0.39 is 0 Å². The van der Waals surface area contributed by atoms with Crippen LogP contribution in [0.2, 0.25) is 0 Å². The Labute approximate surface area is 164 Å². The maximum atomic E-state index is 5.30. The van der Waals surface area contributed by atoms with Gasteiger partial charge in [0.2, 0.25) is 0 Å². The van der Waals surface area contributed by atoms with Crippen LogP contribution in [0, 0.1) is 0 Å². The molecule has 5 heteroatoms. The predicted molar refractivity (Wildman–Crippen MR) is 112 cm³/mol. The standard InChI is InChI=1S/C23H21N3O2/c1-27-18-12-10-16(11-13-18)14-22-20-8-3-4-9-21(20)23(26-25-22)24-17-6-5-7-19(15-17)28-2/h3-13,15H,14H2,1-2H3,(H,24,26). The van der Waals surface area contributed by atoms with Crippen molar-refractivity contribution in [2.24, 2.45) is 0 Å². The van der Waals surface area contributed by atoms with E-state index in [1.54, 1.807) is 14.2 Å². The van der Waals surface area contributed by atoms with Gasteiger partial charge in [0, 0.05) is 28.9 Å². The van der Waals surface area contributed by atoms with Gasteiger partial charge in [-0.05, 0) is 29.8 Å². The van der Waals surface area contributed by atoms with Gasteiger partial charge in [-0.3, -0.25) is 0 Å². The number of nitrogens with zero attached hydrogens (tertiary/aromatic N) is 2. The molecule has 0 bridgehead atoms. The Morgan fingerprint density at radius 1 is 0.750 bits per heavy atom. The molecule has 0 saturated heterocycles. The van der Waals surface area contributed by atoms with Crippen molar-refractivity contribution in [1.82, 2.24) is 10.2 Å². The van der Waals surface area contributed by atoms with Crippen molar-refractivity contribution in [2.45, 2.75) is 6.42 Å². The third-order valence-corrected chi connectivity index (χ3v) is 4.63. The second-order valence-electron chi connectivity index (χ2n) is 6.42. The molecule has 140 valence electrons. The molecule has 1 N–H and O–H groups in total. The average molecular weight is 371 g/mol. The molecule has 1 aromatic heterocycles. The second kappa shape index (κ2) is 7.96. The van der Waals surface area contributed by atoms with Gasteiger partial charge >= 0.3 is 0 Å². The average Bonchev–Trinajstić information content (AvgIpc) is 2.76. The molecule has 0 aliphatic carbocycles. The molecule has 0 aliphatic rings. The number of benzene rings is 3. The monoisotopic (exact) mass is 371 g/mol. The van der Waals surface area contributed by atoms with Gasteiger partial charge in [0.1, 0.15) is 11.5 Å². The van der Waals surface area contributed by atoms with Crippen molar-refractivity contribution in [3.63, 3.8) is 0 Å². The molecule has 0 aliphatic heterocycles. The lowest BCUT2D eigenvalue weighted by molar-refractivity contribution is 0.414. The van der Waals surface area contributed by atoms with Crippen molar-refractivity contribution in [3.05, 3.63) is 84.1 Å². The highest BCUT2D eigenvalue weighted by Gasteiger charge is 2.10. The normalized spacial score (nSPS) is 10.6. The summed E-state index contributed by atoms with van der Waals surface area (Å²) in [5.41, 5.74) is 3.01. The zero-order chi connectivity index (χ0) is 19.3. The Hall–Kier alpha value is -3.60. The summed E-state index contributed by atoms with van der Waals surface area (Å²) in [6.45, 7) is 0. The fraction of sp³-hybridized carbons (Fsp3) is 0.130. The smallest absolute Gasteiger partial charge is 0.160 e. The van der Waals surface area contributed by atoms with Gasteiger partial charge in [-0.1, -0.05) is 42.5 Å². The summed E-state index contributed by atoms with van der Waals surface area (Å²) in [6.07, 6.45) is 0.705. The van der Waals surface area contributed by atoms with E-state index in [0.717, 1.165) is 45.0 Å². The highest BCUT2D eigenvalue weighted by atomic mass is 16.5. The minimum absolute atomic E-state index is 0.705. The molecule has 0 spiro atoms. The summed E-state index contributed by atoms with van der Waals surface area (Å²) in [5.74, 6) is 2.36. The number of nitrogens with one attached hydrogen (secondary N) is 1. The first-order valence-corrected chi connectivity index (χ1v) is 9.05. The third-order valence-electron chi connectivity index (χ3n) is 4.63. The number of rotatable bonds is 6. The van der Waals surface area contributed by atoms with Gasteiger partial charge in [0.15, 0.2) is 5.82 Å². The van der Waals surface area contributed by atoms with Gasteiger partial charge in [-0.2, -0.15) is 5.10 Å². The molecule has 0 amide bonds. The van der Waals surface area contributed by atoms with Gasteiger partial charge in [-0.15, -0.1) is 5.10 Å². The molecule has 0 saturated carbocycles. The van der Waals surface area contributed by atoms with Gasteiger partial charge in [-0.25, -0.2) is 0 Å². The Morgan fingerprint density at radius 3 is 2.25 bits per heavy atom. The first-order chi connectivity index (χ1) is 13.8. The summed E-state index contributed by atoms with van der Waals surface area (Å²) < 4.78 is 10.5. The van der Waals surface area contributed by atoms with Crippen molar-refractivity contribution >= 4 is 22.3 Å². The largest absolute Gasteiger partial charge is 0.497 e. The summed E-state index contributed by atoms with van der Waals surface area (Å²) >= 11 is 0. The lowest BCUT2D eigenvalue weighted by atomic mass is 10.0. The van der Waals surface area contributed by atoms with E-state index in [2.05, 4.69) is 39.8 Å². The van der Waals surface area contributed by atoms with Crippen LogP contribution in [0.3, 0.4) is 0 Å². The van der Waals surface area contributed by atoms with Crippen LogP contribution < -0.4 is 14.8 Å². The molecule has 4 aromatic rings. The van der Waals surface area contributed by atoms with Crippen LogP contribution in [-0.2, 0) is 6.42 Å². The fourth-order valence-electron chi connectivity index (χ4n) is 3.16. The maximum absolute atomic E-state index is 5.30. The highest BCUT2D eigenvalue weighted by Crippen LogP contribution is 2.28. The summed E-state index contributed by atoms with van der Waals surface area (Å²) in [7, 11) is 3.32. The maximum Gasteiger partial charge on any atom is 0.160 e. The topological polar surface area (TPSA) is 56.3 Å². The molecule has 0 fully saturated rings. The van der Waals surface area contributed by atoms with Gasteiger partial charge in [0.25, 0.3) is 0 Å². The van der Waals surface area contributed by atoms with E-state index in [1.807, 2.05) is 48.5 Å². The van der Waals surface area contributed by atoms with E-state index >= 15 is 0 Å². The zero-order valence-corrected chi connectivity index (χ0v) is 15.8. The molecule has 0 radical (unpaired) electrons. The number of hydrogen-bond donors (Lipinski definition) is 1. The van der Waals surface area contributed by atoms with E-state index in [-0.39, 0.29) is 0 Å². The molecular formula is C23H21N3O2. The summed E-state index contributed by atoms with van der Waals surface area (Å²) in [5, 5.41) is 14.4. The molecule has 0 atom stereocenters. The molecule has 3 aromatic carbocycles. The lowest BCUT2D eigenvalue weighted by Gasteiger charge is -2.12. The van der Waals surface area contributed by atoms with Crippen molar-refractivity contribution in [1.29, 1.82) is 0 Å². The Kier molecular flexibility index (Phi) is 5.06. The van der Waals surface area contributed by atoms with Crippen LogP contribution in [0.15, 0.2) is 72.8 Å². The molecule has 4 rings (SSSR count). The van der Waals surface area contributed by atoms with Crippen molar-refractivity contribution in [3.8, 4) is 11.5 Å². The number of anilines is 2. The van der Waals surface area contributed by atoms with Crippen molar-refractivity contribution in [2.75, 3.05) is 19.5 Å². The van der Waals surface area contributed by atoms with Crippen LogP contribution in [0.5, 0.6) is 11.5 Å². The molecule has 5 nitrogen and oxygen atoms in total. The number of methoxy groups -OCH3 is 2. The van der Waals surface area contributed by atoms with E-state index in [9.17, 15) is 0 Å². The quantitative estimate of drug-likeness (QED) is 0.518. The Balaban J connectivity index is 1.67. The van der Waals surface area contributed by atoms with Gasteiger partial charge in [0.05, 0.1) is 19.9 Å². The molecule has 0 unspecified atom stereocenters. The van der Waals surface area contributed by atoms with Crippen LogP contribution in [0.4, 0.5) is 11.5 Å². The number of hydrogen-bond acceptors (Lipinski definition) is 5. The summed E-state index contributed by atoms with van der Waals surface area (Å²) in [6, 6.07) is 24.0. The molecule has 1 heterocycles. The second-order valence-corrected chi connectivity index (χ2v) is 6.42. The third kappa shape index (κ3) is 3.74. The Morgan fingerprint density at radius 2 is 1.50 bits per heavy atom. The van der Waals surface area contributed by atoms with Crippen molar-refractivity contribution < 1.29 is 9.47 Å². The van der Waals surface area contributed by atoms with Gasteiger partial charge < -0.3 is 14.8 Å². The van der Waals surface area contributed by atoms with Crippen LogP contribution in [0.1, 0.15) is 11.3 Å². The molecular weight excluding hydrogens is 350 g/mol. The van der Waals surface area contributed by atoms with Crippen LogP contribution >= 0.6 is 0 Å². The highest BCUT2D eigenvalue weighted by molar-refractivity contribution is 5.94. The van der Waals surface area contributed by atoms with Crippen LogP contribution in [-0.4, -0.2) is 24.4 Å². The first kappa shape index (κ1) is 17.8. The zero-order valence-electron chi connectivity index (χ0n) is 15.8. The minimum Gasteiger partial charge on any atom is -0.497 e. The van der Waals surface area contributed by atoms with E-state index in [4.69, 9.17) is 9.47 Å². The summed E-state index contributed by atoms with van der Waals surface area (Å²) in [4.78, 5) is 0. The van der Waals surface area contributed by atoms with Crippen LogP contribution in [0.25, 0.3) is 10.8 Å². The number of aromatic nitrogens is 2. The fourth-order valence-corrected chi connectivity index (χ4v) is 3.16. The minimum atomic E-state index is 0.705. The predicted octanol–water partition coefficient (Wildman–Crippen LogP) is 4.98. The number of ether oxygens (including phenoxy) is 2. The number of fused-ring (bicyclic) bond motifs is 1. The first-order valence-electron chi connectivity index (χ1n) is 9.05. The Bertz CT molecular complexity index is 1090. The SMILES string of the molecule is COc1ccc(Cc2nnc(Nc3cccc(OC)c3)c3ccccc23)cc1. The van der Waals surface area contributed by atoms with E-state index in [0.29, 0.717) is 6.42 Å². The van der Waals surface area contributed by atoms with E-state index in [1.165, 1.54) is 0 Å².